The first-order chi connectivity index (χ1) is 9.38. The molecule has 3 rings (SSSR count). The normalized spacial score (nSPS) is 15.0. The van der Waals surface area contributed by atoms with E-state index in [4.69, 9.17) is 9.40 Å². The Kier molecular flexibility index (Phi) is 3.99. The van der Waals surface area contributed by atoms with Crippen LogP contribution in [0.25, 0.3) is 10.8 Å². The van der Waals surface area contributed by atoms with Gasteiger partial charge in [-0.05, 0) is 37.9 Å². The second-order valence-electron chi connectivity index (χ2n) is 5.11. The Bertz CT molecular complexity index is 514. The average Bonchev–Trinajstić information content (AvgIpc) is 2.96. The zero-order chi connectivity index (χ0) is 13.1. The summed E-state index contributed by atoms with van der Waals surface area (Å²) in [5, 5.41) is 4.55. The molecule has 4 heteroatoms. The summed E-state index contributed by atoms with van der Waals surface area (Å²) in [5.74, 6) is 1.59. The molecule has 0 saturated heterocycles. The van der Waals surface area contributed by atoms with E-state index in [0.29, 0.717) is 5.92 Å². The summed E-state index contributed by atoms with van der Waals surface area (Å²) in [5.41, 5.74) is 1.31. The third-order valence-electron chi connectivity index (χ3n) is 3.42. The molecule has 0 bridgehead atoms. The molecule has 3 nitrogen and oxygen atoms in total. The summed E-state index contributed by atoms with van der Waals surface area (Å²) < 4.78 is 5.46. The van der Waals surface area contributed by atoms with E-state index in [2.05, 4.69) is 12.2 Å². The van der Waals surface area contributed by atoms with E-state index in [1.807, 2.05) is 12.1 Å². The van der Waals surface area contributed by atoms with Crippen LogP contribution in [0.5, 0.6) is 0 Å². The molecule has 1 N–H and O–H groups in total. The molecule has 0 aliphatic heterocycles. The van der Waals surface area contributed by atoms with E-state index < -0.39 is 0 Å². The summed E-state index contributed by atoms with van der Waals surface area (Å²) in [6.07, 6.45) is 6.78. The molecular weight excluding hydrogens is 256 g/mol. The maximum atomic E-state index is 5.46. The third kappa shape index (κ3) is 3.07. The molecule has 0 spiro atoms. The number of nitrogens with zero attached hydrogens (tertiary/aromatic N) is 1. The van der Waals surface area contributed by atoms with Crippen LogP contribution in [0.4, 0.5) is 0 Å². The number of nitrogens with one attached hydrogen (secondary N) is 1. The van der Waals surface area contributed by atoms with Crippen molar-refractivity contribution < 1.29 is 4.42 Å². The second kappa shape index (κ2) is 5.88. The number of hydrogen-bond donors (Lipinski definition) is 1. The molecular formula is C15H20N2OS. The van der Waals surface area contributed by atoms with E-state index in [-0.39, 0.29) is 0 Å². The number of aromatic nitrogens is 1. The van der Waals surface area contributed by atoms with E-state index in [1.165, 1.54) is 36.3 Å². The second-order valence-corrected chi connectivity index (χ2v) is 6.19. The average molecular weight is 276 g/mol. The van der Waals surface area contributed by atoms with Crippen LogP contribution >= 0.6 is 11.3 Å². The molecule has 1 saturated carbocycles. The highest BCUT2D eigenvalue weighted by atomic mass is 32.1. The molecule has 102 valence electrons. The van der Waals surface area contributed by atoms with Gasteiger partial charge in [0.15, 0.2) is 10.8 Å². The molecule has 0 aromatic carbocycles. The highest BCUT2D eigenvalue weighted by Gasteiger charge is 2.29. The standard InChI is InChI=1S/C15H20N2OS/c1-2-3-8-16-10-13-14(11-6-7-11)17-15(19-13)12-5-4-9-18-12/h4-5,9,11,16H,2-3,6-8,10H2,1H3. The van der Waals surface area contributed by atoms with Crippen LogP contribution in [-0.4, -0.2) is 11.5 Å². The van der Waals surface area contributed by atoms with Crippen molar-refractivity contribution in [2.45, 2.75) is 45.1 Å². The van der Waals surface area contributed by atoms with Crippen molar-refractivity contribution in [1.82, 2.24) is 10.3 Å². The number of furan rings is 1. The Hall–Kier alpha value is -1.13. The lowest BCUT2D eigenvalue weighted by atomic mass is 10.2. The van der Waals surface area contributed by atoms with Crippen molar-refractivity contribution in [2.75, 3.05) is 6.54 Å². The topological polar surface area (TPSA) is 38.1 Å². The van der Waals surface area contributed by atoms with Crippen LogP contribution in [0.1, 0.15) is 49.1 Å². The van der Waals surface area contributed by atoms with Gasteiger partial charge in [-0.3, -0.25) is 0 Å². The van der Waals surface area contributed by atoms with Crippen LogP contribution in [-0.2, 0) is 6.54 Å². The minimum atomic E-state index is 0.697. The number of hydrogen-bond acceptors (Lipinski definition) is 4. The van der Waals surface area contributed by atoms with Crippen LogP contribution in [0, 0.1) is 0 Å². The quantitative estimate of drug-likeness (QED) is 0.771. The molecule has 1 aliphatic carbocycles. The van der Waals surface area contributed by atoms with Crippen molar-refractivity contribution in [3.8, 4) is 10.8 Å². The van der Waals surface area contributed by atoms with Crippen LogP contribution in [0.2, 0.25) is 0 Å². The van der Waals surface area contributed by atoms with Crippen LogP contribution in [0.15, 0.2) is 22.8 Å². The van der Waals surface area contributed by atoms with Gasteiger partial charge in [-0.25, -0.2) is 4.98 Å². The van der Waals surface area contributed by atoms with Crippen LogP contribution < -0.4 is 5.32 Å². The summed E-state index contributed by atoms with van der Waals surface area (Å²) in [6, 6.07) is 3.91. The van der Waals surface area contributed by atoms with Gasteiger partial charge in [0.25, 0.3) is 0 Å². The van der Waals surface area contributed by atoms with Crippen molar-refractivity contribution in [2.24, 2.45) is 0 Å². The Morgan fingerprint density at radius 3 is 3.05 bits per heavy atom. The van der Waals surface area contributed by atoms with Crippen molar-refractivity contribution >= 4 is 11.3 Å². The molecule has 2 aromatic rings. The maximum Gasteiger partial charge on any atom is 0.162 e. The van der Waals surface area contributed by atoms with Gasteiger partial charge in [0.2, 0.25) is 0 Å². The summed E-state index contributed by atoms with van der Waals surface area (Å²) >= 11 is 1.78. The molecule has 2 aromatic heterocycles. The first-order valence-electron chi connectivity index (χ1n) is 7.12. The van der Waals surface area contributed by atoms with E-state index in [1.54, 1.807) is 17.6 Å². The lowest BCUT2D eigenvalue weighted by Gasteiger charge is -2.03. The summed E-state index contributed by atoms with van der Waals surface area (Å²) in [7, 11) is 0. The monoisotopic (exact) mass is 276 g/mol. The van der Waals surface area contributed by atoms with Gasteiger partial charge in [-0.15, -0.1) is 11.3 Å². The molecule has 1 fully saturated rings. The fraction of sp³-hybridized carbons (Fsp3) is 0.533. The molecule has 0 unspecified atom stereocenters. The van der Waals surface area contributed by atoms with E-state index >= 15 is 0 Å². The Morgan fingerprint density at radius 2 is 2.37 bits per heavy atom. The van der Waals surface area contributed by atoms with Gasteiger partial charge < -0.3 is 9.73 Å². The van der Waals surface area contributed by atoms with Gasteiger partial charge >= 0.3 is 0 Å². The van der Waals surface area contributed by atoms with Crippen LogP contribution in [0.3, 0.4) is 0 Å². The zero-order valence-corrected chi connectivity index (χ0v) is 12.1. The largest absolute Gasteiger partial charge is 0.462 e. The Morgan fingerprint density at radius 1 is 1.47 bits per heavy atom. The fourth-order valence-electron chi connectivity index (χ4n) is 2.18. The predicted molar refractivity (Wildman–Crippen MR) is 78.4 cm³/mol. The zero-order valence-electron chi connectivity index (χ0n) is 11.3. The molecule has 2 heterocycles. The number of rotatable bonds is 7. The first-order valence-corrected chi connectivity index (χ1v) is 7.94. The van der Waals surface area contributed by atoms with Gasteiger partial charge in [0.05, 0.1) is 12.0 Å². The Labute approximate surface area is 118 Å². The molecule has 0 radical (unpaired) electrons. The smallest absolute Gasteiger partial charge is 0.162 e. The number of thiazole rings is 1. The van der Waals surface area contributed by atoms with E-state index in [0.717, 1.165) is 23.9 Å². The van der Waals surface area contributed by atoms with Crippen molar-refractivity contribution in [1.29, 1.82) is 0 Å². The Balaban J connectivity index is 1.74. The fourth-order valence-corrected chi connectivity index (χ4v) is 3.26. The van der Waals surface area contributed by atoms with Gasteiger partial charge in [0, 0.05) is 17.3 Å². The third-order valence-corrected chi connectivity index (χ3v) is 4.50. The molecule has 19 heavy (non-hydrogen) atoms. The lowest BCUT2D eigenvalue weighted by molar-refractivity contribution is 0.581. The first kappa shape index (κ1) is 12.9. The lowest BCUT2D eigenvalue weighted by Crippen LogP contribution is -2.14. The molecule has 1 aliphatic rings. The summed E-state index contributed by atoms with van der Waals surface area (Å²) in [4.78, 5) is 6.19. The predicted octanol–water partition coefficient (Wildman–Crippen LogP) is 4.17. The SMILES string of the molecule is CCCCNCc1sc(-c2ccco2)nc1C1CC1. The van der Waals surface area contributed by atoms with Crippen molar-refractivity contribution in [3.63, 3.8) is 0 Å². The highest BCUT2D eigenvalue weighted by Crippen LogP contribution is 2.44. The minimum Gasteiger partial charge on any atom is -0.462 e. The summed E-state index contributed by atoms with van der Waals surface area (Å²) in [6.45, 7) is 4.26. The van der Waals surface area contributed by atoms with Gasteiger partial charge in [-0.2, -0.15) is 0 Å². The van der Waals surface area contributed by atoms with Gasteiger partial charge in [-0.1, -0.05) is 13.3 Å². The molecule has 0 amide bonds. The molecule has 0 atom stereocenters. The van der Waals surface area contributed by atoms with E-state index in [9.17, 15) is 0 Å². The maximum absolute atomic E-state index is 5.46. The van der Waals surface area contributed by atoms with Crippen molar-refractivity contribution in [3.05, 3.63) is 29.0 Å². The van der Waals surface area contributed by atoms with Gasteiger partial charge in [0.1, 0.15) is 0 Å². The minimum absolute atomic E-state index is 0.697. The number of unbranched alkanes of at least 4 members (excludes halogenated alkanes) is 1. The highest BCUT2D eigenvalue weighted by molar-refractivity contribution is 7.15.